The standard InChI is InChI=1S/C23H26N4O2S/c1-3-5-23-24-14-18-15-27(13-12-22(18)26-23)16-19-6-4-7-21(25-19)17-8-10-20(11-9-17)30(2,28)29/h4,6-11,14H,3,5,12-13,15-16H2,1-2H3. The summed E-state index contributed by atoms with van der Waals surface area (Å²) in [6, 6.07) is 12.9. The molecule has 3 heterocycles. The number of sulfone groups is 1. The number of hydrogen-bond donors (Lipinski definition) is 0. The van der Waals surface area contributed by atoms with Crippen LogP contribution in [0.15, 0.2) is 53.6 Å². The van der Waals surface area contributed by atoms with Gasteiger partial charge in [0.2, 0.25) is 0 Å². The van der Waals surface area contributed by atoms with E-state index in [0.717, 1.165) is 61.7 Å². The summed E-state index contributed by atoms with van der Waals surface area (Å²) in [5, 5.41) is 0. The number of aromatic nitrogens is 3. The molecule has 0 radical (unpaired) electrons. The van der Waals surface area contributed by atoms with E-state index in [9.17, 15) is 8.42 Å². The molecule has 0 bridgehead atoms. The average Bonchev–Trinajstić information content (AvgIpc) is 2.74. The second-order valence-electron chi connectivity index (χ2n) is 7.78. The first-order valence-electron chi connectivity index (χ1n) is 10.2. The Morgan fingerprint density at radius 2 is 1.87 bits per heavy atom. The summed E-state index contributed by atoms with van der Waals surface area (Å²) < 4.78 is 23.3. The lowest BCUT2D eigenvalue weighted by molar-refractivity contribution is 0.240. The highest BCUT2D eigenvalue weighted by Gasteiger charge is 2.19. The minimum Gasteiger partial charge on any atom is -0.293 e. The van der Waals surface area contributed by atoms with E-state index >= 15 is 0 Å². The van der Waals surface area contributed by atoms with Crippen LogP contribution in [0.3, 0.4) is 0 Å². The van der Waals surface area contributed by atoms with Crippen molar-refractivity contribution in [3.05, 3.63) is 71.4 Å². The molecule has 0 unspecified atom stereocenters. The van der Waals surface area contributed by atoms with Crippen molar-refractivity contribution in [2.24, 2.45) is 0 Å². The zero-order valence-corrected chi connectivity index (χ0v) is 18.2. The van der Waals surface area contributed by atoms with E-state index in [4.69, 9.17) is 9.97 Å². The number of aryl methyl sites for hydroxylation is 1. The summed E-state index contributed by atoms with van der Waals surface area (Å²) in [5.74, 6) is 0.945. The van der Waals surface area contributed by atoms with Crippen molar-refractivity contribution in [1.82, 2.24) is 19.9 Å². The van der Waals surface area contributed by atoms with Crippen molar-refractivity contribution < 1.29 is 8.42 Å². The van der Waals surface area contributed by atoms with Crippen LogP contribution in [-0.2, 0) is 35.8 Å². The fourth-order valence-corrected chi connectivity index (χ4v) is 4.36. The molecule has 0 fully saturated rings. The number of benzene rings is 1. The Morgan fingerprint density at radius 1 is 1.07 bits per heavy atom. The van der Waals surface area contributed by atoms with Crippen LogP contribution in [-0.4, -0.2) is 41.1 Å². The highest BCUT2D eigenvalue weighted by Crippen LogP contribution is 2.22. The Kier molecular flexibility index (Phi) is 5.92. The van der Waals surface area contributed by atoms with Gasteiger partial charge in [-0.3, -0.25) is 9.88 Å². The van der Waals surface area contributed by atoms with Crippen molar-refractivity contribution in [2.45, 2.75) is 44.2 Å². The Balaban J connectivity index is 1.47. The fourth-order valence-electron chi connectivity index (χ4n) is 3.73. The van der Waals surface area contributed by atoms with Crippen molar-refractivity contribution in [3.8, 4) is 11.3 Å². The van der Waals surface area contributed by atoms with Crippen LogP contribution in [0.2, 0.25) is 0 Å². The first kappa shape index (κ1) is 20.6. The second-order valence-corrected chi connectivity index (χ2v) is 9.80. The van der Waals surface area contributed by atoms with Gasteiger partial charge in [0.1, 0.15) is 5.82 Å². The van der Waals surface area contributed by atoms with Gasteiger partial charge in [0.25, 0.3) is 0 Å². The van der Waals surface area contributed by atoms with Gasteiger partial charge in [0.15, 0.2) is 9.84 Å². The molecule has 156 valence electrons. The number of rotatable bonds is 6. The van der Waals surface area contributed by atoms with E-state index in [-0.39, 0.29) is 0 Å². The summed E-state index contributed by atoms with van der Waals surface area (Å²) in [7, 11) is -3.20. The van der Waals surface area contributed by atoms with Gasteiger partial charge in [-0.05, 0) is 30.7 Å². The van der Waals surface area contributed by atoms with Crippen molar-refractivity contribution in [1.29, 1.82) is 0 Å². The lowest BCUT2D eigenvalue weighted by atomic mass is 10.1. The molecule has 0 amide bonds. The largest absolute Gasteiger partial charge is 0.293 e. The molecule has 7 heteroatoms. The van der Waals surface area contributed by atoms with Crippen LogP contribution in [0, 0.1) is 0 Å². The van der Waals surface area contributed by atoms with Crippen LogP contribution in [0.4, 0.5) is 0 Å². The lowest BCUT2D eigenvalue weighted by Crippen LogP contribution is -2.31. The molecule has 0 saturated carbocycles. The van der Waals surface area contributed by atoms with Gasteiger partial charge in [0, 0.05) is 61.7 Å². The molecule has 1 aliphatic rings. The quantitative estimate of drug-likeness (QED) is 0.606. The lowest BCUT2D eigenvalue weighted by Gasteiger charge is -2.27. The van der Waals surface area contributed by atoms with Gasteiger partial charge < -0.3 is 0 Å². The maximum Gasteiger partial charge on any atom is 0.175 e. The normalized spacial score (nSPS) is 14.5. The third-order valence-corrected chi connectivity index (χ3v) is 6.44. The van der Waals surface area contributed by atoms with E-state index in [1.54, 1.807) is 12.1 Å². The molecule has 0 N–H and O–H groups in total. The minimum absolute atomic E-state index is 0.318. The molecular weight excluding hydrogens is 396 g/mol. The van der Waals surface area contributed by atoms with Gasteiger partial charge in [-0.1, -0.05) is 25.1 Å². The zero-order valence-electron chi connectivity index (χ0n) is 17.4. The Hall–Kier alpha value is -2.64. The number of hydrogen-bond acceptors (Lipinski definition) is 6. The number of pyridine rings is 1. The monoisotopic (exact) mass is 422 g/mol. The van der Waals surface area contributed by atoms with Gasteiger partial charge >= 0.3 is 0 Å². The van der Waals surface area contributed by atoms with Crippen molar-refractivity contribution in [3.63, 3.8) is 0 Å². The van der Waals surface area contributed by atoms with E-state index < -0.39 is 9.84 Å². The summed E-state index contributed by atoms with van der Waals surface area (Å²) in [5.41, 5.74) is 5.13. The molecule has 0 saturated heterocycles. The topological polar surface area (TPSA) is 76.1 Å². The van der Waals surface area contributed by atoms with Gasteiger partial charge in [0.05, 0.1) is 16.3 Å². The molecule has 3 aromatic rings. The average molecular weight is 423 g/mol. The summed E-state index contributed by atoms with van der Waals surface area (Å²) in [6.07, 6.45) is 6.12. The zero-order chi connectivity index (χ0) is 21.1. The van der Waals surface area contributed by atoms with Gasteiger partial charge in [-0.15, -0.1) is 0 Å². The third-order valence-electron chi connectivity index (χ3n) is 5.31. The van der Waals surface area contributed by atoms with Gasteiger partial charge in [-0.25, -0.2) is 18.4 Å². The fraction of sp³-hybridized carbons (Fsp3) is 0.348. The predicted octanol–water partition coefficient (Wildman–Crippen LogP) is 3.45. The van der Waals surface area contributed by atoms with E-state index in [2.05, 4.69) is 16.8 Å². The van der Waals surface area contributed by atoms with Crippen LogP contribution < -0.4 is 0 Å². The maximum atomic E-state index is 11.7. The third kappa shape index (κ3) is 4.74. The molecule has 6 nitrogen and oxygen atoms in total. The minimum atomic E-state index is -3.20. The Labute approximate surface area is 178 Å². The summed E-state index contributed by atoms with van der Waals surface area (Å²) in [6.45, 7) is 4.68. The van der Waals surface area contributed by atoms with Crippen LogP contribution >= 0.6 is 0 Å². The molecule has 1 aliphatic heterocycles. The molecular formula is C23H26N4O2S. The molecule has 4 rings (SSSR count). The number of nitrogens with zero attached hydrogens (tertiary/aromatic N) is 4. The number of fused-ring (bicyclic) bond motifs is 1. The second kappa shape index (κ2) is 8.62. The molecule has 2 aromatic heterocycles. The first-order chi connectivity index (χ1) is 14.4. The van der Waals surface area contributed by atoms with Gasteiger partial charge in [-0.2, -0.15) is 0 Å². The van der Waals surface area contributed by atoms with Crippen LogP contribution in [0.25, 0.3) is 11.3 Å². The predicted molar refractivity (Wildman–Crippen MR) is 117 cm³/mol. The molecule has 1 aromatic carbocycles. The Bertz CT molecular complexity index is 1140. The summed E-state index contributed by atoms with van der Waals surface area (Å²) >= 11 is 0. The van der Waals surface area contributed by atoms with Crippen LogP contribution in [0.5, 0.6) is 0 Å². The SMILES string of the molecule is CCCc1ncc2c(n1)CCN(Cc1cccc(-c3ccc(S(C)(=O)=O)cc3)n1)C2. The smallest absolute Gasteiger partial charge is 0.175 e. The maximum absolute atomic E-state index is 11.7. The molecule has 0 aliphatic carbocycles. The van der Waals surface area contributed by atoms with E-state index in [1.807, 2.05) is 36.5 Å². The first-order valence-corrected chi connectivity index (χ1v) is 12.1. The summed E-state index contributed by atoms with van der Waals surface area (Å²) in [4.78, 5) is 16.7. The van der Waals surface area contributed by atoms with Crippen molar-refractivity contribution >= 4 is 9.84 Å². The van der Waals surface area contributed by atoms with E-state index in [0.29, 0.717) is 4.90 Å². The molecule has 30 heavy (non-hydrogen) atoms. The van der Waals surface area contributed by atoms with Crippen LogP contribution in [0.1, 0.15) is 36.1 Å². The highest BCUT2D eigenvalue weighted by atomic mass is 32.2. The molecule has 0 atom stereocenters. The van der Waals surface area contributed by atoms with Crippen molar-refractivity contribution in [2.75, 3.05) is 12.8 Å². The molecule has 0 spiro atoms. The highest BCUT2D eigenvalue weighted by molar-refractivity contribution is 7.90. The Morgan fingerprint density at radius 3 is 2.60 bits per heavy atom. The van der Waals surface area contributed by atoms with E-state index in [1.165, 1.54) is 17.5 Å².